The molecule has 0 spiro atoms. The van der Waals surface area contributed by atoms with Gasteiger partial charge in [0, 0.05) is 39.8 Å². The summed E-state index contributed by atoms with van der Waals surface area (Å²) in [5.41, 5.74) is -0.334. The van der Waals surface area contributed by atoms with Gasteiger partial charge in [-0.25, -0.2) is 0 Å². The van der Waals surface area contributed by atoms with E-state index in [0.717, 1.165) is 52.1 Å². The maximum absolute atomic E-state index is 12.9. The van der Waals surface area contributed by atoms with E-state index in [1.807, 2.05) is 4.90 Å². The Kier molecular flexibility index (Phi) is 7.90. The Labute approximate surface area is 133 Å². The summed E-state index contributed by atoms with van der Waals surface area (Å²) >= 11 is 0. The van der Waals surface area contributed by atoms with Crippen molar-refractivity contribution in [1.29, 1.82) is 0 Å². The number of methoxy groups -OCH3 is 1. The number of aliphatic hydroxyl groups is 1. The first-order valence-electron chi connectivity index (χ1n) is 7.54. The molecule has 124 valence electrons. The first-order valence-corrected chi connectivity index (χ1v) is 7.54. The number of carbonyl (C=O) groups is 1. The summed E-state index contributed by atoms with van der Waals surface area (Å²) < 4.78 is 5.34. The smallest absolute Gasteiger partial charge is 0.231 e. The molecule has 0 aromatic rings. The summed E-state index contributed by atoms with van der Waals surface area (Å²) in [6.45, 7) is 6.42. The summed E-state index contributed by atoms with van der Waals surface area (Å²) in [5.74, 6) is 0.254. The van der Waals surface area contributed by atoms with Gasteiger partial charge < -0.3 is 20.1 Å². The lowest BCUT2D eigenvalue weighted by Gasteiger charge is -2.42. The zero-order valence-corrected chi connectivity index (χ0v) is 13.7. The topological polar surface area (TPSA) is 65.0 Å². The summed E-state index contributed by atoms with van der Waals surface area (Å²) in [4.78, 5) is 17.1. The number of hydrogen-bond acceptors (Lipinski definition) is 5. The van der Waals surface area contributed by atoms with Crippen LogP contribution in [-0.2, 0) is 9.53 Å². The zero-order valence-electron chi connectivity index (χ0n) is 12.8. The number of piperidine rings is 1. The molecule has 7 heteroatoms. The number of carbonyl (C=O) groups excluding carboxylic acids is 1. The van der Waals surface area contributed by atoms with Crippen LogP contribution in [0.4, 0.5) is 0 Å². The molecule has 2 heterocycles. The van der Waals surface area contributed by atoms with Gasteiger partial charge in [-0.15, -0.1) is 12.4 Å². The SMILES string of the molecule is COCC1(C(=O)N2CCN(CCO)CC2)CCNCC1.Cl. The lowest BCUT2D eigenvalue weighted by molar-refractivity contribution is -0.149. The van der Waals surface area contributed by atoms with Crippen LogP contribution in [0.1, 0.15) is 12.8 Å². The fraction of sp³-hybridized carbons (Fsp3) is 0.929. The Balaban J connectivity index is 0.00000220. The Morgan fingerprint density at radius 3 is 2.38 bits per heavy atom. The molecule has 2 rings (SSSR count). The average molecular weight is 322 g/mol. The van der Waals surface area contributed by atoms with Gasteiger partial charge in [-0.05, 0) is 25.9 Å². The molecule has 0 atom stereocenters. The molecular formula is C14H28ClN3O3. The number of nitrogens with one attached hydrogen (secondary N) is 1. The minimum absolute atomic E-state index is 0. The van der Waals surface area contributed by atoms with Gasteiger partial charge in [0.25, 0.3) is 0 Å². The largest absolute Gasteiger partial charge is 0.395 e. The highest BCUT2D eigenvalue weighted by molar-refractivity contribution is 5.85. The number of aliphatic hydroxyl groups excluding tert-OH is 1. The van der Waals surface area contributed by atoms with Crippen LogP contribution in [0.2, 0.25) is 0 Å². The highest BCUT2D eigenvalue weighted by Gasteiger charge is 2.42. The van der Waals surface area contributed by atoms with Crippen molar-refractivity contribution >= 4 is 18.3 Å². The minimum Gasteiger partial charge on any atom is -0.395 e. The number of β-amino-alcohol motifs (C(OH)–C–C–N with tert-alkyl or cyclic N) is 1. The van der Waals surface area contributed by atoms with E-state index in [-0.39, 0.29) is 30.3 Å². The van der Waals surface area contributed by atoms with Crippen LogP contribution in [0.5, 0.6) is 0 Å². The molecule has 0 radical (unpaired) electrons. The highest BCUT2D eigenvalue weighted by Crippen LogP contribution is 2.32. The molecule has 0 unspecified atom stereocenters. The second kappa shape index (κ2) is 8.90. The van der Waals surface area contributed by atoms with E-state index < -0.39 is 0 Å². The van der Waals surface area contributed by atoms with Gasteiger partial charge >= 0.3 is 0 Å². The first kappa shape index (κ1) is 18.6. The quantitative estimate of drug-likeness (QED) is 0.719. The Morgan fingerprint density at radius 1 is 1.24 bits per heavy atom. The second-order valence-corrected chi connectivity index (χ2v) is 5.82. The summed E-state index contributed by atoms with van der Waals surface area (Å²) in [5, 5.41) is 12.3. The summed E-state index contributed by atoms with van der Waals surface area (Å²) in [6, 6.07) is 0. The summed E-state index contributed by atoms with van der Waals surface area (Å²) in [7, 11) is 1.68. The highest BCUT2D eigenvalue weighted by atomic mass is 35.5. The molecule has 0 aliphatic carbocycles. The lowest BCUT2D eigenvalue weighted by atomic mass is 9.78. The van der Waals surface area contributed by atoms with Crippen LogP contribution in [0.3, 0.4) is 0 Å². The van der Waals surface area contributed by atoms with Crippen LogP contribution >= 0.6 is 12.4 Å². The molecule has 2 fully saturated rings. The fourth-order valence-corrected chi connectivity index (χ4v) is 3.25. The standard InChI is InChI=1S/C14H27N3O3.ClH/c1-20-12-14(2-4-15-5-3-14)13(19)17-8-6-16(7-9-17)10-11-18;/h15,18H,2-12H2,1H3;1H. The Bertz CT molecular complexity index is 311. The van der Waals surface area contributed by atoms with Gasteiger partial charge in [-0.1, -0.05) is 0 Å². The maximum atomic E-state index is 12.9. The van der Waals surface area contributed by atoms with E-state index in [2.05, 4.69) is 10.2 Å². The number of halogens is 1. The molecular weight excluding hydrogens is 294 g/mol. The molecule has 0 aromatic carbocycles. The van der Waals surface area contributed by atoms with Crippen molar-refractivity contribution in [2.24, 2.45) is 5.41 Å². The number of ether oxygens (including phenoxy) is 1. The second-order valence-electron chi connectivity index (χ2n) is 5.82. The van der Waals surface area contributed by atoms with Gasteiger partial charge in [0.15, 0.2) is 0 Å². The predicted octanol–water partition coefficient (Wildman–Crippen LogP) is -0.439. The minimum atomic E-state index is -0.334. The molecule has 0 saturated carbocycles. The molecule has 1 amide bonds. The normalized spacial score (nSPS) is 22.7. The van der Waals surface area contributed by atoms with Crippen LogP contribution in [-0.4, -0.2) is 87.0 Å². The van der Waals surface area contributed by atoms with E-state index in [0.29, 0.717) is 13.2 Å². The Morgan fingerprint density at radius 2 is 1.86 bits per heavy atom. The number of rotatable bonds is 5. The maximum Gasteiger partial charge on any atom is 0.231 e. The van der Waals surface area contributed by atoms with E-state index in [4.69, 9.17) is 9.84 Å². The molecule has 2 N–H and O–H groups in total. The average Bonchev–Trinajstić information content (AvgIpc) is 2.49. The Hall–Kier alpha value is -0.400. The van der Waals surface area contributed by atoms with E-state index in [9.17, 15) is 4.79 Å². The number of nitrogens with zero attached hydrogens (tertiary/aromatic N) is 2. The van der Waals surface area contributed by atoms with Gasteiger partial charge in [0.05, 0.1) is 18.6 Å². The van der Waals surface area contributed by atoms with Crippen molar-refractivity contribution in [3.8, 4) is 0 Å². The molecule has 0 aromatic heterocycles. The van der Waals surface area contributed by atoms with Gasteiger partial charge in [-0.2, -0.15) is 0 Å². The third-order valence-corrected chi connectivity index (χ3v) is 4.51. The molecule has 2 saturated heterocycles. The number of hydrogen-bond donors (Lipinski definition) is 2. The zero-order chi connectivity index (χ0) is 14.4. The van der Waals surface area contributed by atoms with Crippen LogP contribution in [0.15, 0.2) is 0 Å². The molecule has 2 aliphatic rings. The molecule has 2 aliphatic heterocycles. The van der Waals surface area contributed by atoms with Gasteiger partial charge in [-0.3, -0.25) is 9.69 Å². The van der Waals surface area contributed by atoms with Crippen molar-refractivity contribution in [2.75, 3.05) is 66.1 Å². The first-order chi connectivity index (χ1) is 9.72. The lowest BCUT2D eigenvalue weighted by Crippen LogP contribution is -2.56. The van der Waals surface area contributed by atoms with Crippen LogP contribution in [0.25, 0.3) is 0 Å². The van der Waals surface area contributed by atoms with Crippen molar-refractivity contribution in [1.82, 2.24) is 15.1 Å². The third kappa shape index (κ3) is 4.53. The van der Waals surface area contributed by atoms with Crippen LogP contribution in [0, 0.1) is 5.41 Å². The molecule has 0 bridgehead atoms. The van der Waals surface area contributed by atoms with E-state index in [1.165, 1.54) is 0 Å². The van der Waals surface area contributed by atoms with Crippen molar-refractivity contribution in [2.45, 2.75) is 12.8 Å². The predicted molar refractivity (Wildman–Crippen MR) is 83.8 cm³/mol. The van der Waals surface area contributed by atoms with Crippen LogP contribution < -0.4 is 5.32 Å². The third-order valence-electron chi connectivity index (χ3n) is 4.51. The number of amides is 1. The fourth-order valence-electron chi connectivity index (χ4n) is 3.25. The van der Waals surface area contributed by atoms with E-state index >= 15 is 0 Å². The number of piperazine rings is 1. The summed E-state index contributed by atoms with van der Waals surface area (Å²) in [6.07, 6.45) is 1.72. The monoisotopic (exact) mass is 321 g/mol. The van der Waals surface area contributed by atoms with Crippen molar-refractivity contribution < 1.29 is 14.6 Å². The van der Waals surface area contributed by atoms with Gasteiger partial charge in [0.2, 0.25) is 5.91 Å². The van der Waals surface area contributed by atoms with Crippen molar-refractivity contribution in [3.63, 3.8) is 0 Å². The molecule has 6 nitrogen and oxygen atoms in total. The van der Waals surface area contributed by atoms with Gasteiger partial charge in [0.1, 0.15) is 0 Å². The van der Waals surface area contributed by atoms with Crippen molar-refractivity contribution in [3.05, 3.63) is 0 Å². The molecule has 21 heavy (non-hydrogen) atoms. The van der Waals surface area contributed by atoms with E-state index in [1.54, 1.807) is 7.11 Å².